The van der Waals surface area contributed by atoms with Gasteiger partial charge in [0.2, 0.25) is 5.91 Å². The Hall–Kier alpha value is -0.780. The fourth-order valence-electron chi connectivity index (χ4n) is 4.80. The molecule has 1 N–H and O–H groups in total. The largest absolute Gasteiger partial charge is 0.341 e. The fraction of sp³-hybridized carbons (Fsp3) is 0.923. The summed E-state index contributed by atoms with van der Waals surface area (Å²) in [6.45, 7) is 5.44. The summed E-state index contributed by atoms with van der Waals surface area (Å²) in [4.78, 5) is 14.0. The molecule has 5 rings (SSSR count). The van der Waals surface area contributed by atoms with Crippen molar-refractivity contribution in [1.29, 1.82) is 0 Å². The van der Waals surface area contributed by atoms with E-state index in [9.17, 15) is 13.2 Å². The van der Waals surface area contributed by atoms with Crippen molar-refractivity contribution in [3.05, 3.63) is 0 Å². The number of carbonyl (C=O) groups excluding carboxylic acids is 1. The van der Waals surface area contributed by atoms with Crippen molar-refractivity contribution in [2.75, 3.05) is 12.3 Å². The lowest BCUT2D eigenvalue weighted by Gasteiger charge is -2.39. The Morgan fingerprint density at radius 3 is 2.78 bits per heavy atom. The van der Waals surface area contributed by atoms with E-state index in [0.717, 1.165) is 0 Å². The minimum absolute atomic E-state index is 0.155. The Morgan fingerprint density at radius 2 is 2.04 bits per heavy atom. The van der Waals surface area contributed by atoms with E-state index < -0.39 is 51.7 Å². The molecular weight excluding hydrogens is 328 g/mol. The molecule has 1 amide bonds. The number of ether oxygens (including phenoxy) is 3. The zero-order chi connectivity index (χ0) is 16.4. The molecule has 0 unspecified atom stereocenters. The van der Waals surface area contributed by atoms with E-state index in [1.807, 2.05) is 0 Å². The standard InChI is InChI=1S/C13H18N2O7S/c1-6-9(16)15-4-7-13(8-10(19-7)21-11(2,3)20-8)12(15,14-6)5-23(17,18)22-13/h6-8,10,14H,4-5H2,1-3H3/t6-,7+,8-,10+,12-,13+/m0/s1. The first kappa shape index (κ1) is 14.6. The third kappa shape index (κ3) is 1.46. The first-order valence-electron chi connectivity index (χ1n) is 7.64. The summed E-state index contributed by atoms with van der Waals surface area (Å²) in [5.74, 6) is -1.38. The minimum atomic E-state index is -3.83. The molecule has 2 spiro atoms. The summed E-state index contributed by atoms with van der Waals surface area (Å²) in [6.07, 6.45) is -2.06. The van der Waals surface area contributed by atoms with E-state index in [1.165, 1.54) is 4.90 Å². The number of fused-ring (bicyclic) bond motifs is 1. The Labute approximate surface area is 133 Å². The molecule has 5 saturated heterocycles. The lowest BCUT2D eigenvalue weighted by atomic mass is 9.84. The van der Waals surface area contributed by atoms with Crippen LogP contribution in [0.2, 0.25) is 0 Å². The van der Waals surface area contributed by atoms with E-state index in [-0.39, 0.29) is 18.2 Å². The molecule has 128 valence electrons. The third-order valence-corrected chi connectivity index (χ3v) is 6.76. The second kappa shape index (κ2) is 3.73. The van der Waals surface area contributed by atoms with Crippen LogP contribution in [0, 0.1) is 0 Å². The molecule has 5 heterocycles. The highest BCUT2D eigenvalue weighted by Gasteiger charge is 2.85. The number of carbonyl (C=O) groups is 1. The smallest absolute Gasteiger partial charge is 0.271 e. The lowest BCUT2D eigenvalue weighted by molar-refractivity contribution is -0.222. The molecule has 0 aliphatic carbocycles. The zero-order valence-corrected chi connectivity index (χ0v) is 13.8. The van der Waals surface area contributed by atoms with Gasteiger partial charge in [-0.2, -0.15) is 8.42 Å². The maximum Gasteiger partial charge on any atom is 0.271 e. The Bertz CT molecular complexity index is 724. The van der Waals surface area contributed by atoms with Crippen LogP contribution in [0.5, 0.6) is 0 Å². The van der Waals surface area contributed by atoms with Gasteiger partial charge in [-0.25, -0.2) is 0 Å². The molecule has 0 aromatic carbocycles. The molecule has 10 heteroatoms. The number of nitrogens with one attached hydrogen (secondary N) is 1. The van der Waals surface area contributed by atoms with Crippen LogP contribution in [-0.4, -0.2) is 73.1 Å². The van der Waals surface area contributed by atoms with Crippen molar-refractivity contribution in [3.8, 4) is 0 Å². The Kier molecular flexibility index (Phi) is 2.36. The number of nitrogens with zero attached hydrogens (tertiary/aromatic N) is 1. The summed E-state index contributed by atoms with van der Waals surface area (Å²) in [5, 5.41) is 3.16. The van der Waals surface area contributed by atoms with Crippen molar-refractivity contribution in [1.82, 2.24) is 10.2 Å². The number of amides is 1. The Morgan fingerprint density at radius 1 is 1.30 bits per heavy atom. The summed E-state index contributed by atoms with van der Waals surface area (Å²) >= 11 is 0. The van der Waals surface area contributed by atoms with Gasteiger partial charge in [0, 0.05) is 0 Å². The first-order valence-corrected chi connectivity index (χ1v) is 9.22. The van der Waals surface area contributed by atoms with Gasteiger partial charge in [0.25, 0.3) is 10.1 Å². The summed E-state index contributed by atoms with van der Waals surface area (Å²) in [5.41, 5.74) is -2.49. The van der Waals surface area contributed by atoms with E-state index in [1.54, 1.807) is 20.8 Å². The van der Waals surface area contributed by atoms with Crippen LogP contribution in [0.4, 0.5) is 0 Å². The molecular formula is C13H18N2O7S. The van der Waals surface area contributed by atoms with Gasteiger partial charge >= 0.3 is 0 Å². The number of hydrogen-bond donors (Lipinski definition) is 1. The highest BCUT2D eigenvalue weighted by Crippen LogP contribution is 2.59. The average Bonchev–Trinajstić information content (AvgIpc) is 3.04. The second-order valence-electron chi connectivity index (χ2n) is 7.30. The van der Waals surface area contributed by atoms with Crippen LogP contribution in [0.15, 0.2) is 0 Å². The van der Waals surface area contributed by atoms with Crippen molar-refractivity contribution in [2.24, 2.45) is 0 Å². The van der Waals surface area contributed by atoms with Crippen LogP contribution >= 0.6 is 0 Å². The van der Waals surface area contributed by atoms with Gasteiger partial charge < -0.3 is 19.1 Å². The van der Waals surface area contributed by atoms with Gasteiger partial charge in [-0.3, -0.25) is 14.3 Å². The SMILES string of the molecule is C[C@@H]1N[C@]23CS(=O)(=O)O[C@@]24[C@@H](CN3C1=O)O[C@@H]1OC(C)(C)O[C@@H]14. The van der Waals surface area contributed by atoms with Gasteiger partial charge in [0.05, 0.1) is 12.6 Å². The highest BCUT2D eigenvalue weighted by molar-refractivity contribution is 7.87. The van der Waals surface area contributed by atoms with E-state index >= 15 is 0 Å². The van der Waals surface area contributed by atoms with Crippen LogP contribution < -0.4 is 5.32 Å². The van der Waals surface area contributed by atoms with Crippen LogP contribution in [0.25, 0.3) is 0 Å². The molecule has 6 atom stereocenters. The topological polar surface area (TPSA) is 103 Å². The molecule has 0 aromatic heterocycles. The number of rotatable bonds is 0. The van der Waals surface area contributed by atoms with Gasteiger partial charge in [0.1, 0.15) is 23.6 Å². The summed E-state index contributed by atoms with van der Waals surface area (Å²) in [7, 11) is -3.83. The van der Waals surface area contributed by atoms with E-state index in [2.05, 4.69) is 5.32 Å². The molecule has 9 nitrogen and oxygen atoms in total. The van der Waals surface area contributed by atoms with E-state index in [4.69, 9.17) is 18.4 Å². The van der Waals surface area contributed by atoms with Crippen LogP contribution in [-0.2, 0) is 33.3 Å². The minimum Gasteiger partial charge on any atom is -0.341 e. The molecule has 23 heavy (non-hydrogen) atoms. The quantitative estimate of drug-likeness (QED) is 0.528. The monoisotopic (exact) mass is 346 g/mol. The maximum atomic E-state index is 12.5. The molecule has 0 aromatic rings. The molecule has 0 bridgehead atoms. The first-order chi connectivity index (χ1) is 10.6. The number of hydrogen-bond acceptors (Lipinski definition) is 8. The van der Waals surface area contributed by atoms with E-state index in [0.29, 0.717) is 0 Å². The lowest BCUT2D eigenvalue weighted by Crippen LogP contribution is -2.68. The van der Waals surface area contributed by atoms with Gasteiger partial charge in [0.15, 0.2) is 17.7 Å². The average molecular weight is 346 g/mol. The van der Waals surface area contributed by atoms with Crippen molar-refractivity contribution in [3.63, 3.8) is 0 Å². The van der Waals surface area contributed by atoms with Gasteiger partial charge in [-0.1, -0.05) is 0 Å². The van der Waals surface area contributed by atoms with Crippen molar-refractivity contribution >= 4 is 16.0 Å². The van der Waals surface area contributed by atoms with Crippen LogP contribution in [0.1, 0.15) is 20.8 Å². The maximum absolute atomic E-state index is 12.5. The van der Waals surface area contributed by atoms with Gasteiger partial charge in [-0.15, -0.1) is 0 Å². The molecule has 0 saturated carbocycles. The highest BCUT2D eigenvalue weighted by atomic mass is 32.2. The zero-order valence-electron chi connectivity index (χ0n) is 12.9. The van der Waals surface area contributed by atoms with Crippen molar-refractivity contribution in [2.45, 2.75) is 62.4 Å². The molecule has 5 aliphatic rings. The molecule has 5 aliphatic heterocycles. The third-order valence-electron chi connectivity index (χ3n) is 5.46. The summed E-state index contributed by atoms with van der Waals surface area (Å²) < 4.78 is 47.8. The fourth-order valence-corrected chi connectivity index (χ4v) is 6.59. The molecule has 0 radical (unpaired) electrons. The predicted molar refractivity (Wildman–Crippen MR) is 73.3 cm³/mol. The van der Waals surface area contributed by atoms with Crippen LogP contribution in [0.3, 0.4) is 0 Å². The normalized spacial score (nSPS) is 54.9. The summed E-state index contributed by atoms with van der Waals surface area (Å²) in [6, 6.07) is -0.487. The molecule has 5 fully saturated rings. The van der Waals surface area contributed by atoms with Crippen molar-refractivity contribution < 1.29 is 31.6 Å². The van der Waals surface area contributed by atoms with Gasteiger partial charge in [-0.05, 0) is 20.8 Å². The Balaban J connectivity index is 1.70. The predicted octanol–water partition coefficient (Wildman–Crippen LogP) is -1.51. The second-order valence-corrected chi connectivity index (χ2v) is 8.87.